The molecule has 1 N–H and O–H groups in total. The first kappa shape index (κ1) is 12.4. The first-order valence-electron chi connectivity index (χ1n) is 7.29. The molecule has 3 aliphatic carbocycles. The van der Waals surface area contributed by atoms with Crippen molar-refractivity contribution in [2.45, 2.75) is 52.9 Å². The van der Waals surface area contributed by atoms with Gasteiger partial charge in [-0.2, -0.15) is 0 Å². The van der Waals surface area contributed by atoms with Crippen LogP contribution in [-0.2, 0) is 4.79 Å². The zero-order valence-corrected chi connectivity index (χ0v) is 11.8. The first-order valence-corrected chi connectivity index (χ1v) is 7.29. The van der Waals surface area contributed by atoms with Gasteiger partial charge in [0.2, 0.25) is 0 Å². The van der Waals surface area contributed by atoms with E-state index in [0.29, 0.717) is 11.7 Å². The average molecular weight is 248 g/mol. The average Bonchev–Trinajstić information content (AvgIpc) is 2.77. The van der Waals surface area contributed by atoms with E-state index in [1.54, 1.807) is 0 Å². The van der Waals surface area contributed by atoms with E-state index in [0.717, 1.165) is 32.1 Å². The molecule has 0 heterocycles. The van der Waals surface area contributed by atoms with Gasteiger partial charge in [-0.3, -0.25) is 4.79 Å². The normalized spacial score (nSPS) is 51.0. The third-order valence-corrected chi connectivity index (χ3v) is 6.71. The Kier molecular flexibility index (Phi) is 2.39. The van der Waals surface area contributed by atoms with Crippen molar-refractivity contribution in [2.75, 3.05) is 6.61 Å². The molecule has 2 nitrogen and oxygen atoms in total. The zero-order valence-electron chi connectivity index (χ0n) is 11.8. The third-order valence-electron chi connectivity index (χ3n) is 6.71. The molecule has 3 rings (SSSR count). The lowest BCUT2D eigenvalue weighted by molar-refractivity contribution is -0.152. The van der Waals surface area contributed by atoms with Gasteiger partial charge in [0.05, 0.1) is 5.41 Å². The summed E-state index contributed by atoms with van der Waals surface area (Å²) in [5.41, 5.74) is 0.828. The van der Waals surface area contributed by atoms with Crippen molar-refractivity contribution in [1.82, 2.24) is 0 Å². The molecule has 3 aliphatic rings. The number of aliphatic hydroxyl groups is 1. The van der Waals surface area contributed by atoms with Crippen molar-refractivity contribution >= 4 is 5.78 Å². The molecule has 0 saturated heterocycles. The van der Waals surface area contributed by atoms with Gasteiger partial charge in [-0.1, -0.05) is 25.8 Å². The van der Waals surface area contributed by atoms with Gasteiger partial charge in [0, 0.05) is 17.4 Å². The van der Waals surface area contributed by atoms with Crippen LogP contribution in [0.3, 0.4) is 0 Å². The second kappa shape index (κ2) is 3.47. The minimum Gasteiger partial charge on any atom is -0.396 e. The van der Waals surface area contributed by atoms with Gasteiger partial charge in [0.1, 0.15) is 0 Å². The molecular weight excluding hydrogens is 224 g/mol. The van der Waals surface area contributed by atoms with Crippen LogP contribution in [-0.4, -0.2) is 17.5 Å². The lowest BCUT2D eigenvalue weighted by Gasteiger charge is -2.57. The van der Waals surface area contributed by atoms with Crippen molar-refractivity contribution < 1.29 is 9.90 Å². The Morgan fingerprint density at radius 3 is 2.78 bits per heavy atom. The lowest BCUT2D eigenvalue weighted by atomic mass is 9.45. The summed E-state index contributed by atoms with van der Waals surface area (Å²) in [5.74, 6) is 0.881. The summed E-state index contributed by atoms with van der Waals surface area (Å²) in [6.07, 6.45) is 7.27. The van der Waals surface area contributed by atoms with Gasteiger partial charge < -0.3 is 5.11 Å². The van der Waals surface area contributed by atoms with E-state index in [2.05, 4.69) is 20.8 Å². The Morgan fingerprint density at radius 1 is 1.39 bits per heavy atom. The summed E-state index contributed by atoms with van der Waals surface area (Å²) in [5, 5.41) is 9.95. The fourth-order valence-corrected chi connectivity index (χ4v) is 5.82. The van der Waals surface area contributed by atoms with E-state index in [9.17, 15) is 9.90 Å². The van der Waals surface area contributed by atoms with Crippen molar-refractivity contribution in [1.29, 1.82) is 0 Å². The maximum atomic E-state index is 12.7. The summed E-state index contributed by atoms with van der Waals surface area (Å²) in [6, 6.07) is 0. The Bertz CT molecular complexity index is 438. The van der Waals surface area contributed by atoms with E-state index < -0.39 is 0 Å². The molecule has 0 aromatic carbocycles. The molecule has 0 aromatic rings. The van der Waals surface area contributed by atoms with Crippen LogP contribution in [0.25, 0.3) is 0 Å². The molecule has 0 spiro atoms. The van der Waals surface area contributed by atoms with Gasteiger partial charge >= 0.3 is 0 Å². The quantitative estimate of drug-likeness (QED) is 0.774. The first-order chi connectivity index (χ1) is 8.44. The SMILES string of the molecule is CC1=CC(=O)[C@]23CCC(C)[C@]12CCC[C@]3(C)CO. The number of carbonyl (C=O) groups is 1. The summed E-state index contributed by atoms with van der Waals surface area (Å²) in [4.78, 5) is 12.7. The zero-order chi connectivity index (χ0) is 13.2. The highest BCUT2D eigenvalue weighted by Crippen LogP contribution is 2.74. The maximum absolute atomic E-state index is 12.7. The molecule has 2 fully saturated rings. The third kappa shape index (κ3) is 0.999. The molecule has 0 aliphatic heterocycles. The summed E-state index contributed by atoms with van der Waals surface area (Å²) < 4.78 is 0. The predicted octanol–water partition coefficient (Wildman–Crippen LogP) is 3.10. The highest BCUT2D eigenvalue weighted by molar-refractivity contribution is 6.01. The Morgan fingerprint density at radius 2 is 2.11 bits per heavy atom. The summed E-state index contributed by atoms with van der Waals surface area (Å²) in [7, 11) is 0. The van der Waals surface area contributed by atoms with Crippen molar-refractivity contribution in [3.63, 3.8) is 0 Å². The number of carbonyl (C=O) groups excluding carboxylic acids is 1. The minimum atomic E-state index is -0.295. The number of hydrogen-bond acceptors (Lipinski definition) is 2. The van der Waals surface area contributed by atoms with Gasteiger partial charge in [0.15, 0.2) is 5.78 Å². The van der Waals surface area contributed by atoms with Gasteiger partial charge in [-0.15, -0.1) is 0 Å². The van der Waals surface area contributed by atoms with Gasteiger partial charge in [-0.05, 0) is 44.6 Å². The number of allylic oxidation sites excluding steroid dienone is 2. The van der Waals surface area contributed by atoms with E-state index in [1.165, 1.54) is 5.57 Å². The summed E-state index contributed by atoms with van der Waals surface area (Å²) >= 11 is 0. The van der Waals surface area contributed by atoms with Crippen LogP contribution < -0.4 is 0 Å². The molecule has 2 heteroatoms. The van der Waals surface area contributed by atoms with E-state index in [1.807, 2.05) is 6.08 Å². The Hall–Kier alpha value is -0.630. The van der Waals surface area contributed by atoms with Crippen LogP contribution in [0.2, 0.25) is 0 Å². The second-order valence-electron chi connectivity index (χ2n) is 7.08. The maximum Gasteiger partial charge on any atom is 0.163 e. The van der Waals surface area contributed by atoms with E-state index in [4.69, 9.17) is 0 Å². The second-order valence-corrected chi connectivity index (χ2v) is 7.08. The molecule has 1 unspecified atom stereocenters. The van der Waals surface area contributed by atoms with Crippen LogP contribution >= 0.6 is 0 Å². The molecule has 4 atom stereocenters. The number of rotatable bonds is 1. The lowest BCUT2D eigenvalue weighted by Crippen LogP contribution is -2.57. The topological polar surface area (TPSA) is 37.3 Å². The smallest absolute Gasteiger partial charge is 0.163 e. The predicted molar refractivity (Wildman–Crippen MR) is 71.1 cm³/mol. The van der Waals surface area contributed by atoms with Gasteiger partial charge in [0.25, 0.3) is 0 Å². The fourth-order valence-electron chi connectivity index (χ4n) is 5.82. The molecule has 0 bridgehead atoms. The molecule has 0 radical (unpaired) electrons. The van der Waals surface area contributed by atoms with Crippen molar-refractivity contribution in [3.05, 3.63) is 11.6 Å². The molecular formula is C16H24O2. The highest BCUT2D eigenvalue weighted by Gasteiger charge is 2.72. The molecule has 18 heavy (non-hydrogen) atoms. The monoisotopic (exact) mass is 248 g/mol. The van der Waals surface area contributed by atoms with E-state index in [-0.39, 0.29) is 22.9 Å². The molecule has 0 aromatic heterocycles. The van der Waals surface area contributed by atoms with Crippen LogP contribution in [0.5, 0.6) is 0 Å². The highest BCUT2D eigenvalue weighted by atomic mass is 16.3. The summed E-state index contributed by atoms with van der Waals surface area (Å²) in [6.45, 7) is 6.74. The van der Waals surface area contributed by atoms with Gasteiger partial charge in [-0.25, -0.2) is 0 Å². The van der Waals surface area contributed by atoms with Crippen LogP contribution in [0.15, 0.2) is 11.6 Å². The molecule has 2 saturated carbocycles. The van der Waals surface area contributed by atoms with Crippen LogP contribution in [0.1, 0.15) is 52.9 Å². The standard InChI is InChI=1S/C16H24O2/c1-11-5-8-16-13(18)9-12(2)15(11,16)7-4-6-14(16,3)10-17/h9,11,17H,4-8,10H2,1-3H3/t11?,14-,15-,16+/m1/s1. The van der Waals surface area contributed by atoms with Crippen LogP contribution in [0.4, 0.5) is 0 Å². The molecule has 0 amide bonds. The number of ketones is 1. The number of hydrogen-bond donors (Lipinski definition) is 1. The number of aliphatic hydroxyl groups excluding tert-OH is 1. The largest absolute Gasteiger partial charge is 0.396 e. The molecule has 100 valence electrons. The Labute approximate surface area is 109 Å². The van der Waals surface area contributed by atoms with Crippen LogP contribution in [0, 0.1) is 22.2 Å². The van der Waals surface area contributed by atoms with Crippen molar-refractivity contribution in [2.24, 2.45) is 22.2 Å². The minimum absolute atomic E-state index is 0.0554. The van der Waals surface area contributed by atoms with Crippen molar-refractivity contribution in [3.8, 4) is 0 Å². The fraction of sp³-hybridized carbons (Fsp3) is 0.812. The Balaban J connectivity index is 2.25. The van der Waals surface area contributed by atoms with E-state index >= 15 is 0 Å².